The van der Waals surface area contributed by atoms with Gasteiger partial charge in [0.1, 0.15) is 16.8 Å². The third-order valence-electron chi connectivity index (χ3n) is 19.2. The number of amides is 4. The van der Waals surface area contributed by atoms with E-state index in [0.29, 0.717) is 63.7 Å². The molecular formula is C85H110N10O10. The Hall–Kier alpha value is -9.89. The summed E-state index contributed by atoms with van der Waals surface area (Å²) in [5.74, 6) is -0.424. The van der Waals surface area contributed by atoms with Crippen molar-refractivity contribution in [3.8, 4) is 22.3 Å². The van der Waals surface area contributed by atoms with E-state index in [4.69, 9.17) is 25.4 Å². The van der Waals surface area contributed by atoms with Crippen LogP contribution in [-0.2, 0) is 49.9 Å². The number of hydrogen-bond donors (Lipinski definition) is 6. The summed E-state index contributed by atoms with van der Waals surface area (Å²) in [5, 5.41) is 51.5. The third kappa shape index (κ3) is 21.0. The number of nitrogens with zero attached hydrogens (tertiary/aromatic N) is 7. The molecule has 560 valence electrons. The molecule has 5 heterocycles. The van der Waals surface area contributed by atoms with Gasteiger partial charge in [0.2, 0.25) is 0 Å². The molecule has 0 spiro atoms. The molecule has 6 atom stereocenters. The number of aliphatic hydroxyl groups is 3. The fourth-order valence-corrected chi connectivity index (χ4v) is 14.2. The van der Waals surface area contributed by atoms with Gasteiger partial charge in [0, 0.05) is 101 Å². The van der Waals surface area contributed by atoms with Gasteiger partial charge in [-0.3, -0.25) is 14.2 Å². The highest BCUT2D eigenvalue weighted by atomic mass is 16.6. The van der Waals surface area contributed by atoms with Crippen LogP contribution in [0.1, 0.15) is 198 Å². The summed E-state index contributed by atoms with van der Waals surface area (Å²) in [4.78, 5) is 57.1. The Morgan fingerprint density at radius 1 is 0.533 bits per heavy atom. The maximum absolute atomic E-state index is 13.3. The zero-order valence-corrected chi connectivity index (χ0v) is 64.4. The van der Waals surface area contributed by atoms with Crippen LogP contribution in [0, 0.1) is 12.3 Å². The molecule has 11 rings (SSSR count). The maximum Gasteiger partial charge on any atom is 0.411 e. The Labute approximate surface area is 620 Å². The van der Waals surface area contributed by atoms with Crippen LogP contribution in [0.25, 0.3) is 22.3 Å². The number of nitrogens with two attached hydrogens (primary N) is 1. The smallest absolute Gasteiger partial charge is 0.411 e. The second kappa shape index (κ2) is 33.5. The van der Waals surface area contributed by atoms with Crippen molar-refractivity contribution in [2.75, 3.05) is 19.6 Å². The summed E-state index contributed by atoms with van der Waals surface area (Å²) in [7, 11) is 3.82. The summed E-state index contributed by atoms with van der Waals surface area (Å²) < 4.78 is 21.9. The Morgan fingerprint density at radius 2 is 0.876 bits per heavy atom. The Balaban J connectivity index is 0.000000197. The van der Waals surface area contributed by atoms with Gasteiger partial charge in [0.05, 0.1) is 58.2 Å². The molecule has 3 aliphatic heterocycles. The van der Waals surface area contributed by atoms with Crippen LogP contribution < -0.4 is 11.1 Å². The van der Waals surface area contributed by atoms with Crippen LogP contribution in [0.5, 0.6) is 0 Å². The van der Waals surface area contributed by atoms with E-state index in [1.807, 2.05) is 203 Å². The minimum absolute atomic E-state index is 0.0358. The maximum atomic E-state index is 13.3. The van der Waals surface area contributed by atoms with Crippen molar-refractivity contribution in [2.45, 2.75) is 200 Å². The van der Waals surface area contributed by atoms with E-state index in [0.717, 1.165) is 61.3 Å². The summed E-state index contributed by atoms with van der Waals surface area (Å²) in [6.45, 7) is 29.6. The number of aromatic nitrogens is 4. The number of nitrogens with one attached hydrogen (secondary N) is 2. The Morgan fingerprint density at radius 3 is 1.17 bits per heavy atom. The number of carbonyl (C=O) groups is 4. The highest BCUT2D eigenvalue weighted by Crippen LogP contribution is 2.46. The van der Waals surface area contributed by atoms with E-state index in [2.05, 4.69) is 64.0 Å². The number of rotatable bonds is 20. The first kappa shape index (κ1) is 80.8. The third-order valence-corrected chi connectivity index (χ3v) is 19.2. The first-order chi connectivity index (χ1) is 49.3. The van der Waals surface area contributed by atoms with E-state index in [9.17, 15) is 34.5 Å². The van der Waals surface area contributed by atoms with Gasteiger partial charge < -0.3 is 60.7 Å². The zero-order chi connectivity index (χ0) is 77.0. The quantitative estimate of drug-likeness (QED) is 0.0236. The summed E-state index contributed by atoms with van der Waals surface area (Å²) in [6, 6.07) is 52.3. The van der Waals surface area contributed by atoms with Gasteiger partial charge in [-0.15, -0.1) is 0 Å². The molecule has 3 fully saturated rings. The average Bonchev–Trinajstić information content (AvgIpc) is 1.24. The van der Waals surface area contributed by atoms with Gasteiger partial charge in [-0.2, -0.15) is 10.2 Å². The molecule has 6 aromatic carbocycles. The molecule has 0 bridgehead atoms. The van der Waals surface area contributed by atoms with Crippen LogP contribution in [0.2, 0.25) is 0 Å². The minimum Gasteiger partial charge on any atom is -0.438 e. The first-order valence-electron chi connectivity index (χ1n) is 36.4. The minimum atomic E-state index is -1.02. The molecule has 3 saturated heterocycles. The molecule has 0 unspecified atom stereocenters. The van der Waals surface area contributed by atoms with Gasteiger partial charge in [0.15, 0.2) is 0 Å². The van der Waals surface area contributed by atoms with Crippen molar-refractivity contribution in [3.63, 3.8) is 0 Å². The van der Waals surface area contributed by atoms with Crippen LogP contribution in [0.3, 0.4) is 0 Å². The Kier molecular flexibility index (Phi) is 25.8. The van der Waals surface area contributed by atoms with Crippen molar-refractivity contribution in [3.05, 3.63) is 239 Å². The molecule has 0 aliphatic carbocycles. The Bertz CT molecular complexity index is 4250. The number of cyclic esters (lactones) is 3. The molecule has 2 aromatic heterocycles. The number of allylic oxidation sites excluding steroid dienone is 1. The number of benzene rings is 6. The SMILES string of the molecule is CC.C[C@@H](c1ccc(-c2cnn(C)c2)cc1)N1CC[C@](CC(C)(C)O)(c2ccccc2)OC1=O.C[C@@H](c1ccc(C(=N)C=C(N)C(=O)NC(C)(C)C)cc1)N1CC[C@](CC(C)(C)O)(c2ccccc2)OC1=O.Cc1nn(C)cc1-c1ccc([C@H](C)N2CC[C@](CC(C)(C)O)(c3ccccc3)OC2=O)cc1. The fraction of sp³-hybridized carbons (Fsp3) is 0.424. The molecule has 3 aliphatic rings. The summed E-state index contributed by atoms with van der Waals surface area (Å²) in [6.07, 6.45) is 8.79. The van der Waals surface area contributed by atoms with Gasteiger partial charge in [-0.05, 0) is 146 Å². The molecule has 20 nitrogen and oxygen atoms in total. The number of aryl methyl sites for hydroxylation is 3. The number of hydrogen-bond acceptors (Lipinski definition) is 14. The lowest BCUT2D eigenvalue weighted by molar-refractivity contribution is -0.119. The largest absolute Gasteiger partial charge is 0.438 e. The lowest BCUT2D eigenvalue weighted by Crippen LogP contribution is -2.51. The second-order valence-electron chi connectivity index (χ2n) is 30.8. The van der Waals surface area contributed by atoms with Gasteiger partial charge in [0.25, 0.3) is 5.91 Å². The molecule has 105 heavy (non-hydrogen) atoms. The normalized spacial score (nSPS) is 19.5. The molecular weight excluding hydrogens is 1320 g/mol. The molecule has 0 saturated carbocycles. The van der Waals surface area contributed by atoms with Crippen LogP contribution >= 0.6 is 0 Å². The molecule has 0 radical (unpaired) electrons. The molecule has 4 amide bonds. The number of carbonyl (C=O) groups excluding carboxylic acids is 4. The van der Waals surface area contributed by atoms with Crippen molar-refractivity contribution in [1.29, 1.82) is 5.41 Å². The van der Waals surface area contributed by atoms with Crippen molar-refractivity contribution < 1.29 is 48.7 Å². The van der Waals surface area contributed by atoms with Gasteiger partial charge in [-0.1, -0.05) is 178 Å². The topological polar surface area (TPSA) is 264 Å². The van der Waals surface area contributed by atoms with E-state index >= 15 is 0 Å². The van der Waals surface area contributed by atoms with Crippen LogP contribution in [-0.4, -0.2) is 121 Å². The highest BCUT2D eigenvalue weighted by Gasteiger charge is 2.49. The summed E-state index contributed by atoms with van der Waals surface area (Å²) in [5.41, 5.74) is 11.6. The predicted octanol–water partition coefficient (Wildman–Crippen LogP) is 16.2. The zero-order valence-electron chi connectivity index (χ0n) is 64.4. The first-order valence-corrected chi connectivity index (χ1v) is 36.4. The van der Waals surface area contributed by atoms with Crippen LogP contribution in [0.15, 0.2) is 194 Å². The van der Waals surface area contributed by atoms with Crippen molar-refractivity contribution in [1.82, 2.24) is 39.6 Å². The van der Waals surface area contributed by atoms with E-state index < -0.39 is 51.1 Å². The predicted molar refractivity (Wildman–Crippen MR) is 413 cm³/mol. The van der Waals surface area contributed by atoms with Gasteiger partial charge in [-0.25, -0.2) is 14.4 Å². The van der Waals surface area contributed by atoms with Crippen molar-refractivity contribution in [2.24, 2.45) is 19.8 Å². The van der Waals surface area contributed by atoms with E-state index in [1.165, 1.54) is 6.08 Å². The standard InChI is InChI=1S/C30H40N4O4.C27H33N3O3.C26H31N3O3.C2H6/c1-20(21-12-14-22(15-13-21)24(31)18-25(32)26(35)33-28(2,3)4)34-17-16-30(38-27(34)36,19-29(5,6)37)23-10-8-7-9-11-23;1-19-24(17-29(5)28-19)22-13-11-21(12-14-22)20(2)30-16-15-27(33-25(30)31,18-26(3,4)32)23-9-7-6-8-10-23;1-19(20-10-12-21(13-11-20)22-16-27-28(4)17-22)29-15-14-26(32-24(29)30,18-25(2,3)31)23-8-6-5-7-9-23;1-2/h7-15,18,20,31,37H,16-17,19,32H2,1-6H3,(H,33,35);6-14,17,20,32H,15-16,18H2,1-5H3;5-13,16-17,19,31H,14-15,18H2,1-4H3;1-2H3/t20-,30-;20-,27-;19-,26-;/m000./s1. The monoisotopic (exact) mass is 1430 g/mol. The average molecular weight is 1430 g/mol. The molecule has 8 aromatic rings. The highest BCUT2D eigenvalue weighted by molar-refractivity contribution is 6.10. The van der Waals surface area contributed by atoms with E-state index in [1.54, 1.807) is 73.1 Å². The molecule has 7 N–H and O–H groups in total. The lowest BCUT2D eigenvalue weighted by atomic mass is 9.80. The number of ether oxygens (including phenoxy) is 3. The fourth-order valence-electron chi connectivity index (χ4n) is 14.2. The van der Waals surface area contributed by atoms with E-state index in [-0.39, 0.29) is 41.7 Å². The summed E-state index contributed by atoms with van der Waals surface area (Å²) >= 11 is 0. The second-order valence-corrected chi connectivity index (χ2v) is 30.8. The van der Waals surface area contributed by atoms with Crippen molar-refractivity contribution >= 4 is 29.9 Å². The lowest BCUT2D eigenvalue weighted by Gasteiger charge is -2.45. The van der Waals surface area contributed by atoms with Crippen LogP contribution in [0.4, 0.5) is 14.4 Å². The van der Waals surface area contributed by atoms with Gasteiger partial charge >= 0.3 is 18.3 Å². The molecule has 20 heteroatoms.